The predicted molar refractivity (Wildman–Crippen MR) is 119 cm³/mol. The average molecular weight is 459 g/mol. The molecule has 160 valence electrons. The number of carbonyl (C=O) groups is 2. The van der Waals surface area contributed by atoms with Gasteiger partial charge in [0.2, 0.25) is 5.91 Å². The Morgan fingerprint density at radius 3 is 2.48 bits per heavy atom. The number of amides is 1. The van der Waals surface area contributed by atoms with Crippen LogP contribution in [-0.2, 0) is 9.59 Å². The van der Waals surface area contributed by atoms with Gasteiger partial charge in [0.05, 0.1) is 15.0 Å². The number of benzene rings is 2. The summed E-state index contributed by atoms with van der Waals surface area (Å²) in [5.74, 6) is -0.945. The molecule has 0 fully saturated rings. The Morgan fingerprint density at radius 1 is 1.06 bits per heavy atom. The molecule has 0 bridgehead atoms. The lowest BCUT2D eigenvalue weighted by atomic mass is 9.69. The van der Waals surface area contributed by atoms with E-state index < -0.39 is 16.3 Å². The Morgan fingerprint density at radius 2 is 1.77 bits per heavy atom. The van der Waals surface area contributed by atoms with Crippen molar-refractivity contribution in [2.24, 2.45) is 5.41 Å². The molecule has 1 heterocycles. The van der Waals surface area contributed by atoms with Crippen LogP contribution < -0.4 is 4.90 Å². The van der Waals surface area contributed by atoms with Crippen molar-refractivity contribution in [2.45, 2.75) is 39.0 Å². The normalized spacial score (nSPS) is 20.6. The van der Waals surface area contributed by atoms with Gasteiger partial charge in [0.1, 0.15) is 5.69 Å². The van der Waals surface area contributed by atoms with E-state index in [0.29, 0.717) is 39.7 Å². The zero-order valence-electron chi connectivity index (χ0n) is 17.0. The molecular formula is C23H20Cl2N2O4. The van der Waals surface area contributed by atoms with Crippen LogP contribution in [-0.4, -0.2) is 16.6 Å². The van der Waals surface area contributed by atoms with E-state index in [1.54, 1.807) is 36.4 Å². The summed E-state index contributed by atoms with van der Waals surface area (Å²) in [6, 6.07) is 11.3. The molecular weight excluding hydrogens is 439 g/mol. The van der Waals surface area contributed by atoms with E-state index in [4.69, 9.17) is 23.2 Å². The van der Waals surface area contributed by atoms with Gasteiger partial charge >= 0.3 is 0 Å². The number of hydrogen-bond acceptors (Lipinski definition) is 4. The first-order valence-corrected chi connectivity index (χ1v) is 10.6. The lowest BCUT2D eigenvalue weighted by Gasteiger charge is -2.42. The van der Waals surface area contributed by atoms with Crippen molar-refractivity contribution in [1.82, 2.24) is 0 Å². The molecule has 8 heteroatoms. The van der Waals surface area contributed by atoms with Crippen molar-refractivity contribution in [3.05, 3.63) is 79.5 Å². The van der Waals surface area contributed by atoms with Gasteiger partial charge in [-0.05, 0) is 29.5 Å². The molecule has 0 saturated heterocycles. The second-order valence-corrected chi connectivity index (χ2v) is 9.46. The predicted octanol–water partition coefficient (Wildman–Crippen LogP) is 6.07. The quantitative estimate of drug-likeness (QED) is 0.413. The maximum Gasteiger partial charge on any atom is 0.293 e. The SMILES string of the molecule is CC1(C)CC(=O)C2=C(C1)N(c1ccccc1[N+](=O)[O-])C(=O)CC2c1cccc(Cl)c1Cl. The topological polar surface area (TPSA) is 80.5 Å². The zero-order valence-corrected chi connectivity index (χ0v) is 18.5. The average Bonchev–Trinajstić information content (AvgIpc) is 2.68. The van der Waals surface area contributed by atoms with Gasteiger partial charge in [-0.25, -0.2) is 0 Å². The van der Waals surface area contributed by atoms with Crippen LogP contribution in [0.15, 0.2) is 53.7 Å². The second kappa shape index (κ2) is 7.77. The highest BCUT2D eigenvalue weighted by Gasteiger charge is 2.46. The van der Waals surface area contributed by atoms with Gasteiger partial charge in [0.25, 0.3) is 5.69 Å². The highest BCUT2D eigenvalue weighted by molar-refractivity contribution is 6.42. The van der Waals surface area contributed by atoms with Crippen molar-refractivity contribution >= 4 is 46.3 Å². The molecule has 0 radical (unpaired) electrons. The van der Waals surface area contributed by atoms with Crippen LogP contribution in [0.3, 0.4) is 0 Å². The number of rotatable bonds is 3. The van der Waals surface area contributed by atoms with E-state index in [9.17, 15) is 19.7 Å². The number of Topliss-reactive ketones (excluding diaryl/α,β-unsaturated/α-hetero) is 1. The minimum atomic E-state index is -0.545. The van der Waals surface area contributed by atoms with E-state index in [1.807, 2.05) is 13.8 Å². The number of ketones is 1. The fourth-order valence-electron chi connectivity index (χ4n) is 4.56. The minimum Gasteiger partial charge on any atom is -0.294 e. The number of nitro benzene ring substituents is 1. The van der Waals surface area contributed by atoms with Gasteiger partial charge < -0.3 is 0 Å². The zero-order chi connectivity index (χ0) is 22.5. The number of hydrogen-bond donors (Lipinski definition) is 0. The van der Waals surface area contributed by atoms with E-state index in [0.717, 1.165) is 0 Å². The lowest BCUT2D eigenvalue weighted by Crippen LogP contribution is -2.44. The highest BCUT2D eigenvalue weighted by atomic mass is 35.5. The minimum absolute atomic E-state index is 0.0306. The molecule has 1 aliphatic heterocycles. The molecule has 6 nitrogen and oxygen atoms in total. The third-order valence-corrected chi connectivity index (χ3v) is 6.65. The van der Waals surface area contributed by atoms with Gasteiger partial charge in [-0.3, -0.25) is 24.6 Å². The van der Waals surface area contributed by atoms with Crippen LogP contribution in [0.5, 0.6) is 0 Å². The lowest BCUT2D eigenvalue weighted by molar-refractivity contribution is -0.384. The summed E-state index contributed by atoms with van der Waals surface area (Å²) in [6.07, 6.45) is 0.719. The van der Waals surface area contributed by atoms with Crippen LogP contribution in [0.1, 0.15) is 44.6 Å². The molecule has 2 aliphatic rings. The third kappa shape index (κ3) is 3.75. The number of nitrogens with zero attached hydrogens (tertiary/aromatic N) is 2. The summed E-state index contributed by atoms with van der Waals surface area (Å²) >= 11 is 12.7. The number of carbonyl (C=O) groups excluding carboxylic acids is 2. The smallest absolute Gasteiger partial charge is 0.293 e. The Hall–Kier alpha value is -2.70. The highest BCUT2D eigenvalue weighted by Crippen LogP contribution is 2.50. The first kappa shape index (κ1) is 21.5. The maximum absolute atomic E-state index is 13.4. The van der Waals surface area contributed by atoms with E-state index >= 15 is 0 Å². The number of anilines is 1. The van der Waals surface area contributed by atoms with Crippen molar-refractivity contribution in [3.8, 4) is 0 Å². The maximum atomic E-state index is 13.4. The summed E-state index contributed by atoms with van der Waals surface area (Å²) in [5, 5.41) is 12.3. The van der Waals surface area contributed by atoms with E-state index in [2.05, 4.69) is 0 Å². The van der Waals surface area contributed by atoms with Crippen LogP contribution in [0.4, 0.5) is 11.4 Å². The summed E-state index contributed by atoms with van der Waals surface area (Å²) < 4.78 is 0. The number of para-hydroxylation sites is 2. The first-order valence-electron chi connectivity index (χ1n) is 9.87. The summed E-state index contributed by atoms with van der Waals surface area (Å²) in [5.41, 5.74) is 1.21. The van der Waals surface area contributed by atoms with Crippen molar-refractivity contribution in [2.75, 3.05) is 4.90 Å². The summed E-state index contributed by atoms with van der Waals surface area (Å²) in [6.45, 7) is 3.90. The van der Waals surface area contributed by atoms with Gasteiger partial charge in [-0.1, -0.05) is 61.3 Å². The molecule has 0 N–H and O–H groups in total. The molecule has 31 heavy (non-hydrogen) atoms. The molecule has 0 spiro atoms. The fraction of sp³-hybridized carbons (Fsp3) is 0.304. The second-order valence-electron chi connectivity index (χ2n) is 8.68. The van der Waals surface area contributed by atoms with Gasteiger partial charge in [0.15, 0.2) is 5.78 Å². The fourth-order valence-corrected chi connectivity index (χ4v) is 5.00. The molecule has 1 atom stereocenters. The van der Waals surface area contributed by atoms with Crippen LogP contribution in [0, 0.1) is 15.5 Å². The number of nitro groups is 1. The van der Waals surface area contributed by atoms with E-state index in [1.165, 1.54) is 11.0 Å². The molecule has 0 saturated carbocycles. The molecule has 1 amide bonds. The monoisotopic (exact) mass is 458 g/mol. The van der Waals surface area contributed by atoms with Gasteiger partial charge in [-0.2, -0.15) is 0 Å². The molecule has 2 aromatic carbocycles. The standard InChI is InChI=1S/C23H20Cl2N2O4/c1-23(2)11-18-21(19(28)12-23)14(13-6-5-7-15(24)22(13)25)10-20(29)26(18)16-8-3-4-9-17(16)27(30)31/h3-9,14H,10-12H2,1-2H3. The van der Waals surface area contributed by atoms with Gasteiger partial charge in [0, 0.05) is 36.1 Å². The van der Waals surface area contributed by atoms with Crippen molar-refractivity contribution < 1.29 is 14.5 Å². The Labute approximate surface area is 189 Å². The first-order chi connectivity index (χ1) is 14.6. The van der Waals surface area contributed by atoms with Crippen LogP contribution in [0.2, 0.25) is 10.0 Å². The molecule has 1 aliphatic carbocycles. The summed E-state index contributed by atoms with van der Waals surface area (Å²) in [7, 11) is 0. The molecule has 2 aromatic rings. The van der Waals surface area contributed by atoms with Crippen molar-refractivity contribution in [1.29, 1.82) is 0 Å². The largest absolute Gasteiger partial charge is 0.294 e. The number of allylic oxidation sites excluding steroid dienone is 2. The Bertz CT molecular complexity index is 1160. The molecule has 0 aromatic heterocycles. The Kier molecular flexibility index (Phi) is 5.40. The molecule has 1 unspecified atom stereocenters. The van der Waals surface area contributed by atoms with Gasteiger partial charge in [-0.15, -0.1) is 0 Å². The van der Waals surface area contributed by atoms with E-state index in [-0.39, 0.29) is 29.5 Å². The van der Waals surface area contributed by atoms with Crippen LogP contribution in [0.25, 0.3) is 0 Å². The van der Waals surface area contributed by atoms with Crippen molar-refractivity contribution in [3.63, 3.8) is 0 Å². The number of halogens is 2. The Balaban J connectivity index is 1.97. The third-order valence-electron chi connectivity index (χ3n) is 5.82. The molecule has 4 rings (SSSR count). The summed E-state index contributed by atoms with van der Waals surface area (Å²) in [4.78, 5) is 39.2. The van der Waals surface area contributed by atoms with Crippen LogP contribution >= 0.6 is 23.2 Å².